The van der Waals surface area contributed by atoms with Gasteiger partial charge in [-0.05, 0) is 29.8 Å². The molecule has 112 valence electrons. The van der Waals surface area contributed by atoms with Crippen LogP contribution in [0.4, 0.5) is 6.01 Å². The largest absolute Gasteiger partial charge is 0.423 e. The van der Waals surface area contributed by atoms with Gasteiger partial charge in [-0.3, -0.25) is 0 Å². The lowest BCUT2D eigenvalue weighted by Crippen LogP contribution is -2.38. The topological polar surface area (TPSA) is 38.5 Å². The molecule has 4 rings (SSSR count). The Balaban J connectivity index is 1.58. The van der Waals surface area contributed by atoms with E-state index in [0.29, 0.717) is 19.2 Å². The van der Waals surface area contributed by atoms with Crippen molar-refractivity contribution in [2.24, 2.45) is 0 Å². The number of aromatic nitrogens is 1. The summed E-state index contributed by atoms with van der Waals surface area (Å²) in [6.07, 6.45) is 0.000953. The van der Waals surface area contributed by atoms with Gasteiger partial charge in [-0.2, -0.15) is 4.98 Å². The first-order valence-electron chi connectivity index (χ1n) is 7.27. The number of benzene rings is 2. The van der Waals surface area contributed by atoms with E-state index >= 15 is 0 Å². The summed E-state index contributed by atoms with van der Waals surface area (Å²) in [6, 6.07) is 16.2. The molecule has 1 aromatic heterocycles. The fraction of sp³-hybridized carbons (Fsp3) is 0.235. The van der Waals surface area contributed by atoms with Crippen molar-refractivity contribution in [1.29, 1.82) is 0 Å². The molecular weight excluding hydrogens is 300 g/mol. The second-order valence-electron chi connectivity index (χ2n) is 5.32. The molecule has 0 spiro atoms. The van der Waals surface area contributed by atoms with Crippen molar-refractivity contribution in [1.82, 2.24) is 4.98 Å². The Morgan fingerprint density at radius 3 is 2.73 bits per heavy atom. The molecule has 1 fully saturated rings. The summed E-state index contributed by atoms with van der Waals surface area (Å²) in [5.74, 6) is 0. The molecule has 0 N–H and O–H groups in total. The van der Waals surface area contributed by atoms with E-state index in [1.807, 2.05) is 48.5 Å². The lowest BCUT2D eigenvalue weighted by atomic mass is 10.1. The van der Waals surface area contributed by atoms with Crippen LogP contribution in [-0.2, 0) is 4.74 Å². The predicted octanol–water partition coefficient (Wildman–Crippen LogP) is 4.06. The predicted molar refractivity (Wildman–Crippen MR) is 86.4 cm³/mol. The van der Waals surface area contributed by atoms with Crippen molar-refractivity contribution in [2.75, 3.05) is 24.6 Å². The lowest BCUT2D eigenvalue weighted by Gasteiger charge is -2.32. The summed E-state index contributed by atoms with van der Waals surface area (Å²) in [6.45, 7) is 2.14. The molecule has 0 bridgehead atoms. The normalized spacial score (nSPS) is 18.8. The van der Waals surface area contributed by atoms with Crippen LogP contribution in [0, 0.1) is 0 Å². The average molecular weight is 315 g/mol. The van der Waals surface area contributed by atoms with Gasteiger partial charge in [-0.25, -0.2) is 0 Å². The van der Waals surface area contributed by atoms with E-state index < -0.39 is 0 Å². The summed E-state index contributed by atoms with van der Waals surface area (Å²) in [5, 5.41) is 0.732. The number of nitrogens with zero attached hydrogens (tertiary/aromatic N) is 2. The van der Waals surface area contributed by atoms with Crippen molar-refractivity contribution < 1.29 is 9.15 Å². The molecule has 1 aliphatic heterocycles. The van der Waals surface area contributed by atoms with E-state index in [1.54, 1.807) is 0 Å². The molecule has 2 aromatic carbocycles. The third-order valence-electron chi connectivity index (χ3n) is 3.86. The minimum absolute atomic E-state index is 0.000953. The number of morpholine rings is 1. The van der Waals surface area contributed by atoms with Crippen LogP contribution in [0.3, 0.4) is 0 Å². The van der Waals surface area contributed by atoms with Gasteiger partial charge in [0.2, 0.25) is 0 Å². The standard InChI is InChI=1S/C17H15ClN2O2/c18-13-7-5-12(6-8-13)16-11-20(9-10-21-16)17-19-14-3-1-2-4-15(14)22-17/h1-8,16H,9-11H2/t16-/m0/s1. The summed E-state index contributed by atoms with van der Waals surface area (Å²) < 4.78 is 11.7. The van der Waals surface area contributed by atoms with Crippen LogP contribution >= 0.6 is 11.6 Å². The second kappa shape index (κ2) is 5.63. The third kappa shape index (κ3) is 2.56. The Morgan fingerprint density at radius 2 is 1.91 bits per heavy atom. The molecule has 22 heavy (non-hydrogen) atoms. The lowest BCUT2D eigenvalue weighted by molar-refractivity contribution is 0.0381. The smallest absolute Gasteiger partial charge is 0.298 e. The number of hydrogen-bond acceptors (Lipinski definition) is 4. The van der Waals surface area contributed by atoms with Crippen LogP contribution in [0.1, 0.15) is 11.7 Å². The highest BCUT2D eigenvalue weighted by molar-refractivity contribution is 6.30. The van der Waals surface area contributed by atoms with Crippen LogP contribution < -0.4 is 4.90 Å². The molecule has 0 radical (unpaired) electrons. The van der Waals surface area contributed by atoms with Crippen LogP contribution in [0.2, 0.25) is 5.02 Å². The maximum absolute atomic E-state index is 5.94. The highest BCUT2D eigenvalue weighted by Gasteiger charge is 2.25. The van der Waals surface area contributed by atoms with Crippen molar-refractivity contribution >= 4 is 28.7 Å². The molecule has 2 heterocycles. The van der Waals surface area contributed by atoms with Gasteiger partial charge in [0.15, 0.2) is 5.58 Å². The number of anilines is 1. The number of halogens is 1. The summed E-state index contributed by atoms with van der Waals surface area (Å²) in [5.41, 5.74) is 2.81. The molecule has 0 amide bonds. The minimum atomic E-state index is 0.000953. The van der Waals surface area contributed by atoms with Crippen molar-refractivity contribution in [3.63, 3.8) is 0 Å². The number of ether oxygens (including phenoxy) is 1. The molecule has 0 unspecified atom stereocenters. The Hall–Kier alpha value is -2.04. The van der Waals surface area contributed by atoms with E-state index in [9.17, 15) is 0 Å². The van der Waals surface area contributed by atoms with Crippen LogP contribution in [0.15, 0.2) is 52.9 Å². The van der Waals surface area contributed by atoms with Gasteiger partial charge in [0.05, 0.1) is 13.2 Å². The van der Waals surface area contributed by atoms with Crippen molar-refractivity contribution in [3.8, 4) is 0 Å². The van der Waals surface area contributed by atoms with Gasteiger partial charge in [0.25, 0.3) is 6.01 Å². The maximum Gasteiger partial charge on any atom is 0.298 e. The quantitative estimate of drug-likeness (QED) is 0.715. The minimum Gasteiger partial charge on any atom is -0.423 e. The van der Waals surface area contributed by atoms with E-state index in [-0.39, 0.29) is 6.10 Å². The SMILES string of the molecule is Clc1ccc([C@@H]2CN(c3nc4ccccc4o3)CCO2)cc1. The molecular formula is C17H15ClN2O2. The Bertz CT molecular complexity index is 752. The number of oxazole rings is 1. The summed E-state index contributed by atoms with van der Waals surface area (Å²) in [4.78, 5) is 6.69. The number of para-hydroxylation sites is 2. The highest BCUT2D eigenvalue weighted by atomic mass is 35.5. The van der Waals surface area contributed by atoms with Crippen LogP contribution in [-0.4, -0.2) is 24.7 Å². The first-order valence-corrected chi connectivity index (χ1v) is 7.65. The molecule has 1 aliphatic rings. The first kappa shape index (κ1) is 13.6. The van der Waals surface area contributed by atoms with E-state index in [2.05, 4.69) is 9.88 Å². The molecule has 3 aromatic rings. The first-order chi connectivity index (χ1) is 10.8. The molecule has 1 saturated heterocycles. The molecule has 1 atom stereocenters. The summed E-state index contributed by atoms with van der Waals surface area (Å²) in [7, 11) is 0. The van der Waals surface area contributed by atoms with Gasteiger partial charge in [0, 0.05) is 11.6 Å². The number of fused-ring (bicyclic) bond motifs is 1. The van der Waals surface area contributed by atoms with Gasteiger partial charge in [0.1, 0.15) is 11.6 Å². The molecule has 5 heteroatoms. The Kier molecular flexibility index (Phi) is 3.48. The molecule has 0 saturated carbocycles. The Labute approximate surface area is 133 Å². The van der Waals surface area contributed by atoms with Gasteiger partial charge in [-0.1, -0.05) is 35.9 Å². The van der Waals surface area contributed by atoms with Gasteiger partial charge >= 0.3 is 0 Å². The summed E-state index contributed by atoms with van der Waals surface area (Å²) >= 11 is 5.94. The third-order valence-corrected chi connectivity index (χ3v) is 4.11. The van der Waals surface area contributed by atoms with E-state index in [1.165, 1.54) is 0 Å². The number of rotatable bonds is 2. The zero-order chi connectivity index (χ0) is 14.9. The maximum atomic E-state index is 5.94. The van der Waals surface area contributed by atoms with Crippen LogP contribution in [0.25, 0.3) is 11.1 Å². The zero-order valence-electron chi connectivity index (χ0n) is 11.9. The van der Waals surface area contributed by atoms with E-state index in [4.69, 9.17) is 20.8 Å². The van der Waals surface area contributed by atoms with Crippen molar-refractivity contribution in [3.05, 3.63) is 59.1 Å². The molecule has 0 aliphatic carbocycles. The van der Waals surface area contributed by atoms with Crippen molar-refractivity contribution in [2.45, 2.75) is 6.10 Å². The number of hydrogen-bond donors (Lipinski definition) is 0. The zero-order valence-corrected chi connectivity index (χ0v) is 12.7. The van der Waals surface area contributed by atoms with Gasteiger partial charge < -0.3 is 14.1 Å². The average Bonchev–Trinajstić information content (AvgIpc) is 3.00. The fourth-order valence-electron chi connectivity index (χ4n) is 2.70. The monoisotopic (exact) mass is 314 g/mol. The van der Waals surface area contributed by atoms with E-state index in [0.717, 1.165) is 28.2 Å². The van der Waals surface area contributed by atoms with Gasteiger partial charge in [-0.15, -0.1) is 0 Å². The highest BCUT2D eigenvalue weighted by Crippen LogP contribution is 2.28. The van der Waals surface area contributed by atoms with Crippen LogP contribution in [0.5, 0.6) is 0 Å². The molecule has 4 nitrogen and oxygen atoms in total. The Morgan fingerprint density at radius 1 is 1.09 bits per heavy atom. The second-order valence-corrected chi connectivity index (χ2v) is 5.76. The fourth-order valence-corrected chi connectivity index (χ4v) is 2.82.